The van der Waals surface area contributed by atoms with Crippen LogP contribution < -0.4 is 10.1 Å². The number of carbonyl (C=O) groups excluding carboxylic acids is 2. The van der Waals surface area contributed by atoms with Gasteiger partial charge < -0.3 is 14.8 Å². The number of carbonyl (C=O) groups is 2. The van der Waals surface area contributed by atoms with Crippen molar-refractivity contribution in [3.63, 3.8) is 0 Å². The summed E-state index contributed by atoms with van der Waals surface area (Å²) >= 11 is 12.0. The van der Waals surface area contributed by atoms with Crippen molar-refractivity contribution in [2.24, 2.45) is 0 Å². The zero-order chi connectivity index (χ0) is 18.9. The van der Waals surface area contributed by atoms with Crippen molar-refractivity contribution in [3.8, 4) is 5.75 Å². The highest BCUT2D eigenvalue weighted by Crippen LogP contribution is 2.24. The van der Waals surface area contributed by atoms with Crippen LogP contribution in [-0.4, -0.2) is 25.0 Å². The van der Waals surface area contributed by atoms with Crippen LogP contribution in [0.3, 0.4) is 0 Å². The summed E-state index contributed by atoms with van der Waals surface area (Å²) < 4.78 is 10.7. The van der Waals surface area contributed by atoms with Crippen molar-refractivity contribution in [2.45, 2.75) is 6.61 Å². The van der Waals surface area contributed by atoms with Gasteiger partial charge in [-0.3, -0.25) is 4.79 Å². The van der Waals surface area contributed by atoms with Gasteiger partial charge in [-0.1, -0.05) is 47.5 Å². The molecule has 0 heterocycles. The number of ether oxygens (including phenoxy) is 2. The second-order valence-corrected chi connectivity index (χ2v) is 6.03. The Balaban J connectivity index is 2.01. The van der Waals surface area contributed by atoms with E-state index in [9.17, 15) is 9.59 Å². The molecular weight excluding hydrogens is 377 g/mol. The molecular formula is C19H17Cl2NO4. The molecule has 2 rings (SSSR count). The Morgan fingerprint density at radius 2 is 1.92 bits per heavy atom. The lowest BCUT2D eigenvalue weighted by Gasteiger charge is -2.12. The molecule has 0 fully saturated rings. The second-order valence-electron chi connectivity index (χ2n) is 5.19. The zero-order valence-electron chi connectivity index (χ0n) is 13.8. The van der Waals surface area contributed by atoms with E-state index in [1.54, 1.807) is 42.5 Å². The van der Waals surface area contributed by atoms with E-state index in [2.05, 4.69) is 11.9 Å². The molecule has 2 aromatic rings. The van der Waals surface area contributed by atoms with E-state index < -0.39 is 11.9 Å². The molecule has 5 nitrogen and oxygen atoms in total. The summed E-state index contributed by atoms with van der Waals surface area (Å²) in [4.78, 5) is 23.7. The van der Waals surface area contributed by atoms with Crippen LogP contribution in [-0.2, 0) is 16.1 Å². The van der Waals surface area contributed by atoms with E-state index in [0.717, 1.165) is 5.56 Å². The van der Waals surface area contributed by atoms with Gasteiger partial charge in [-0.25, -0.2) is 4.79 Å². The highest BCUT2D eigenvalue weighted by atomic mass is 35.5. The maximum absolute atomic E-state index is 12.2. The van der Waals surface area contributed by atoms with Gasteiger partial charge in [0.2, 0.25) is 0 Å². The average molecular weight is 394 g/mol. The normalized spacial score (nSPS) is 10.1. The van der Waals surface area contributed by atoms with Crippen molar-refractivity contribution in [1.29, 1.82) is 0 Å². The van der Waals surface area contributed by atoms with Crippen LogP contribution in [0.1, 0.15) is 15.9 Å². The third kappa shape index (κ3) is 5.79. The van der Waals surface area contributed by atoms with Gasteiger partial charge in [0.25, 0.3) is 5.91 Å². The Morgan fingerprint density at radius 3 is 2.65 bits per heavy atom. The Morgan fingerprint density at radius 1 is 1.15 bits per heavy atom. The lowest BCUT2D eigenvalue weighted by molar-refractivity contribution is -0.124. The molecule has 0 radical (unpaired) electrons. The van der Waals surface area contributed by atoms with Gasteiger partial charge in [-0.15, -0.1) is 6.58 Å². The van der Waals surface area contributed by atoms with Gasteiger partial charge in [0.05, 0.1) is 0 Å². The predicted octanol–water partition coefficient (Wildman–Crippen LogP) is 4.03. The predicted molar refractivity (Wildman–Crippen MR) is 101 cm³/mol. The van der Waals surface area contributed by atoms with E-state index in [0.29, 0.717) is 22.3 Å². The minimum atomic E-state index is -0.656. The number of esters is 1. The lowest BCUT2D eigenvalue weighted by atomic mass is 10.2. The van der Waals surface area contributed by atoms with Gasteiger partial charge in [0.15, 0.2) is 6.61 Å². The number of benzene rings is 2. The third-order valence-corrected chi connectivity index (χ3v) is 3.87. The molecule has 0 spiro atoms. The van der Waals surface area contributed by atoms with Crippen LogP contribution in [0.2, 0.25) is 10.0 Å². The molecule has 0 atom stereocenters. The summed E-state index contributed by atoms with van der Waals surface area (Å²) in [6.45, 7) is 3.56. The standard InChI is InChI=1S/C19H17Cl2NO4/c1-2-9-22-18(23)12-26-19(24)15-5-3-4-6-17(15)25-11-13-7-8-14(20)10-16(13)21/h2-8,10H,1,9,11-12H2,(H,22,23). The fourth-order valence-corrected chi connectivity index (χ4v) is 2.46. The van der Waals surface area contributed by atoms with Crippen molar-refractivity contribution in [2.75, 3.05) is 13.2 Å². The topological polar surface area (TPSA) is 64.6 Å². The summed E-state index contributed by atoms with van der Waals surface area (Å²) in [5.41, 5.74) is 0.942. The van der Waals surface area contributed by atoms with Crippen LogP contribution in [0.25, 0.3) is 0 Å². The van der Waals surface area contributed by atoms with Crippen LogP contribution in [0, 0.1) is 0 Å². The molecule has 136 valence electrons. The highest BCUT2D eigenvalue weighted by Gasteiger charge is 2.15. The highest BCUT2D eigenvalue weighted by molar-refractivity contribution is 6.35. The largest absolute Gasteiger partial charge is 0.488 e. The third-order valence-electron chi connectivity index (χ3n) is 3.28. The van der Waals surface area contributed by atoms with Crippen molar-refractivity contribution >= 4 is 35.1 Å². The van der Waals surface area contributed by atoms with E-state index in [1.165, 1.54) is 6.08 Å². The minimum absolute atomic E-state index is 0.153. The summed E-state index contributed by atoms with van der Waals surface area (Å²) in [6, 6.07) is 11.7. The fourth-order valence-electron chi connectivity index (χ4n) is 2.00. The van der Waals surface area contributed by atoms with Gasteiger partial charge in [-0.05, 0) is 24.3 Å². The molecule has 0 saturated heterocycles. The van der Waals surface area contributed by atoms with Crippen LogP contribution in [0.15, 0.2) is 55.1 Å². The number of hydrogen-bond donors (Lipinski definition) is 1. The first-order valence-corrected chi connectivity index (χ1v) is 8.47. The average Bonchev–Trinajstić information content (AvgIpc) is 2.64. The quantitative estimate of drug-likeness (QED) is 0.543. The number of para-hydroxylation sites is 1. The molecule has 7 heteroatoms. The Labute approximate surface area is 161 Å². The Kier molecular flexibility index (Phi) is 7.51. The van der Waals surface area contributed by atoms with E-state index in [1.807, 2.05) is 0 Å². The first-order valence-electron chi connectivity index (χ1n) is 7.71. The van der Waals surface area contributed by atoms with E-state index in [4.69, 9.17) is 32.7 Å². The van der Waals surface area contributed by atoms with Crippen LogP contribution in [0.4, 0.5) is 0 Å². The summed E-state index contributed by atoms with van der Waals surface area (Å²) in [5, 5.41) is 3.51. The van der Waals surface area contributed by atoms with Gasteiger partial charge in [-0.2, -0.15) is 0 Å². The smallest absolute Gasteiger partial charge is 0.342 e. The summed E-state index contributed by atoms with van der Waals surface area (Å²) in [6.07, 6.45) is 1.53. The monoisotopic (exact) mass is 393 g/mol. The molecule has 0 aromatic heterocycles. The molecule has 0 bridgehead atoms. The van der Waals surface area contributed by atoms with Gasteiger partial charge in [0.1, 0.15) is 17.9 Å². The lowest BCUT2D eigenvalue weighted by Crippen LogP contribution is -2.28. The Bertz CT molecular complexity index is 808. The number of rotatable bonds is 8. The summed E-state index contributed by atoms with van der Waals surface area (Å²) in [7, 11) is 0. The second kappa shape index (κ2) is 9.85. The molecule has 0 aliphatic rings. The molecule has 0 aliphatic heterocycles. The van der Waals surface area contributed by atoms with Crippen LogP contribution >= 0.6 is 23.2 Å². The molecule has 26 heavy (non-hydrogen) atoms. The van der Waals surface area contributed by atoms with Crippen molar-refractivity contribution in [3.05, 3.63) is 76.3 Å². The molecule has 1 amide bonds. The maximum atomic E-state index is 12.2. The number of amides is 1. The number of halogens is 2. The zero-order valence-corrected chi connectivity index (χ0v) is 15.3. The molecule has 1 N–H and O–H groups in total. The minimum Gasteiger partial charge on any atom is -0.488 e. The maximum Gasteiger partial charge on any atom is 0.342 e. The van der Waals surface area contributed by atoms with E-state index in [-0.39, 0.29) is 18.8 Å². The van der Waals surface area contributed by atoms with E-state index >= 15 is 0 Å². The first kappa shape index (κ1) is 19.8. The fraction of sp³-hybridized carbons (Fsp3) is 0.158. The summed E-state index contributed by atoms with van der Waals surface area (Å²) in [5.74, 6) is -0.740. The van der Waals surface area contributed by atoms with Gasteiger partial charge in [0, 0.05) is 22.2 Å². The number of nitrogens with one attached hydrogen (secondary N) is 1. The molecule has 0 aliphatic carbocycles. The molecule has 2 aromatic carbocycles. The van der Waals surface area contributed by atoms with Crippen molar-refractivity contribution in [1.82, 2.24) is 5.32 Å². The molecule has 0 saturated carbocycles. The first-order chi connectivity index (χ1) is 12.5. The SMILES string of the molecule is C=CCNC(=O)COC(=O)c1ccccc1OCc1ccc(Cl)cc1Cl. The van der Waals surface area contributed by atoms with Gasteiger partial charge >= 0.3 is 5.97 Å². The number of hydrogen-bond acceptors (Lipinski definition) is 4. The Hall–Kier alpha value is -2.50. The van der Waals surface area contributed by atoms with Crippen molar-refractivity contribution < 1.29 is 19.1 Å². The molecule has 0 unspecified atom stereocenters. The van der Waals surface area contributed by atoms with Crippen LogP contribution in [0.5, 0.6) is 5.75 Å².